The Kier molecular flexibility index (Phi) is 2.58. The number of aromatic nitrogens is 2. The smallest absolute Gasteiger partial charge is 0.283 e. The second kappa shape index (κ2) is 4.06. The van der Waals surface area contributed by atoms with Gasteiger partial charge in [0.05, 0.1) is 11.8 Å². The predicted octanol–water partition coefficient (Wildman–Crippen LogP) is 1.16. The molecule has 0 amide bonds. The SMILES string of the molecule is N#Cc1cnn(C(=O)c2ccccc2F)c1N. The van der Waals surface area contributed by atoms with Crippen LogP contribution in [-0.4, -0.2) is 15.7 Å². The van der Waals surface area contributed by atoms with E-state index < -0.39 is 11.7 Å². The molecule has 0 unspecified atom stereocenters. The zero-order valence-corrected chi connectivity index (χ0v) is 8.59. The number of hydrogen-bond donors (Lipinski definition) is 1. The molecular formula is C11H7FN4O. The van der Waals surface area contributed by atoms with E-state index in [1.807, 2.05) is 0 Å². The molecule has 0 aliphatic rings. The van der Waals surface area contributed by atoms with Crippen LogP contribution in [0.2, 0.25) is 0 Å². The van der Waals surface area contributed by atoms with Gasteiger partial charge in [0, 0.05) is 0 Å². The number of hydrogen-bond acceptors (Lipinski definition) is 4. The van der Waals surface area contributed by atoms with Crippen molar-refractivity contribution in [2.75, 3.05) is 5.73 Å². The lowest BCUT2D eigenvalue weighted by Gasteiger charge is -2.03. The summed E-state index contributed by atoms with van der Waals surface area (Å²) >= 11 is 0. The molecule has 0 radical (unpaired) electrons. The van der Waals surface area contributed by atoms with Crippen LogP contribution in [0.3, 0.4) is 0 Å². The van der Waals surface area contributed by atoms with Gasteiger partial charge in [-0.1, -0.05) is 12.1 Å². The van der Waals surface area contributed by atoms with Crippen LogP contribution in [0.15, 0.2) is 30.5 Å². The van der Waals surface area contributed by atoms with Gasteiger partial charge in [-0.05, 0) is 12.1 Å². The first-order valence-electron chi connectivity index (χ1n) is 4.68. The molecule has 0 saturated heterocycles. The van der Waals surface area contributed by atoms with Gasteiger partial charge in [-0.3, -0.25) is 4.79 Å². The number of halogens is 1. The van der Waals surface area contributed by atoms with Crippen molar-refractivity contribution >= 4 is 11.7 Å². The molecule has 1 heterocycles. The Morgan fingerprint density at radius 1 is 1.47 bits per heavy atom. The summed E-state index contributed by atoms with van der Waals surface area (Å²) in [5.41, 5.74) is 5.47. The number of carbonyl (C=O) groups excluding carboxylic acids is 1. The van der Waals surface area contributed by atoms with Crippen LogP contribution in [0.4, 0.5) is 10.2 Å². The normalized spacial score (nSPS) is 9.88. The van der Waals surface area contributed by atoms with E-state index in [0.29, 0.717) is 0 Å². The fraction of sp³-hybridized carbons (Fsp3) is 0. The van der Waals surface area contributed by atoms with Crippen molar-refractivity contribution in [3.8, 4) is 6.07 Å². The Bertz CT molecular complexity index is 627. The Hall–Kier alpha value is -2.68. The Balaban J connectivity index is 2.49. The number of anilines is 1. The van der Waals surface area contributed by atoms with Crippen molar-refractivity contribution in [1.29, 1.82) is 5.26 Å². The molecule has 17 heavy (non-hydrogen) atoms. The summed E-state index contributed by atoms with van der Waals surface area (Å²) in [6.45, 7) is 0. The topological polar surface area (TPSA) is 84.7 Å². The largest absolute Gasteiger partial charge is 0.382 e. The van der Waals surface area contributed by atoms with E-state index in [9.17, 15) is 9.18 Å². The third-order valence-corrected chi connectivity index (χ3v) is 2.22. The maximum absolute atomic E-state index is 13.4. The maximum atomic E-state index is 13.4. The molecule has 0 atom stereocenters. The molecule has 2 N–H and O–H groups in total. The van der Waals surface area contributed by atoms with E-state index in [0.717, 1.165) is 16.9 Å². The average Bonchev–Trinajstić information content (AvgIpc) is 2.70. The summed E-state index contributed by atoms with van der Waals surface area (Å²) in [5, 5.41) is 12.3. The van der Waals surface area contributed by atoms with Gasteiger partial charge in [-0.25, -0.2) is 4.39 Å². The van der Waals surface area contributed by atoms with E-state index in [1.54, 1.807) is 6.07 Å². The molecule has 0 bridgehead atoms. The Labute approximate surface area is 95.9 Å². The highest BCUT2D eigenvalue weighted by molar-refractivity contribution is 5.97. The maximum Gasteiger partial charge on any atom is 0.283 e. The van der Waals surface area contributed by atoms with Gasteiger partial charge < -0.3 is 5.73 Å². The molecule has 6 heteroatoms. The summed E-state index contributed by atoms with van der Waals surface area (Å²) in [6.07, 6.45) is 1.16. The molecule has 0 saturated carbocycles. The quantitative estimate of drug-likeness (QED) is 0.796. The summed E-state index contributed by atoms with van der Waals surface area (Å²) in [6, 6.07) is 7.27. The molecule has 0 fully saturated rings. The zero-order chi connectivity index (χ0) is 12.4. The van der Waals surface area contributed by atoms with E-state index in [4.69, 9.17) is 11.0 Å². The Morgan fingerprint density at radius 3 is 2.76 bits per heavy atom. The van der Waals surface area contributed by atoms with Crippen LogP contribution in [0.1, 0.15) is 15.9 Å². The van der Waals surface area contributed by atoms with Gasteiger partial charge in [-0.2, -0.15) is 15.0 Å². The zero-order valence-electron chi connectivity index (χ0n) is 8.59. The van der Waals surface area contributed by atoms with Crippen LogP contribution in [0, 0.1) is 17.1 Å². The third kappa shape index (κ3) is 1.74. The van der Waals surface area contributed by atoms with E-state index >= 15 is 0 Å². The molecular weight excluding hydrogens is 223 g/mol. The predicted molar refractivity (Wildman–Crippen MR) is 57.5 cm³/mol. The van der Waals surface area contributed by atoms with E-state index in [2.05, 4.69) is 5.10 Å². The van der Waals surface area contributed by atoms with Gasteiger partial charge in [0.2, 0.25) is 0 Å². The van der Waals surface area contributed by atoms with Crippen LogP contribution >= 0.6 is 0 Å². The molecule has 1 aromatic heterocycles. The molecule has 5 nitrogen and oxygen atoms in total. The minimum Gasteiger partial charge on any atom is -0.382 e. The van der Waals surface area contributed by atoms with Crippen molar-refractivity contribution in [3.63, 3.8) is 0 Å². The van der Waals surface area contributed by atoms with Crippen LogP contribution in [-0.2, 0) is 0 Å². The lowest BCUT2D eigenvalue weighted by molar-refractivity contribution is 0.0944. The number of rotatable bonds is 1. The highest BCUT2D eigenvalue weighted by Gasteiger charge is 2.18. The summed E-state index contributed by atoms with van der Waals surface area (Å²) < 4.78 is 14.2. The van der Waals surface area contributed by atoms with Crippen LogP contribution in [0.5, 0.6) is 0 Å². The number of nitrogen functional groups attached to an aromatic ring is 1. The van der Waals surface area contributed by atoms with Crippen molar-refractivity contribution in [1.82, 2.24) is 9.78 Å². The van der Waals surface area contributed by atoms with Crippen molar-refractivity contribution < 1.29 is 9.18 Å². The van der Waals surface area contributed by atoms with E-state index in [1.165, 1.54) is 18.2 Å². The third-order valence-electron chi connectivity index (χ3n) is 2.22. The number of nitrogens with zero attached hydrogens (tertiary/aromatic N) is 3. The average molecular weight is 230 g/mol. The summed E-state index contributed by atoms with van der Waals surface area (Å²) in [5.74, 6) is -1.46. The second-order valence-corrected chi connectivity index (χ2v) is 3.25. The summed E-state index contributed by atoms with van der Waals surface area (Å²) in [4.78, 5) is 11.9. The minimum absolute atomic E-state index is 0.0784. The van der Waals surface area contributed by atoms with Crippen molar-refractivity contribution in [2.45, 2.75) is 0 Å². The first-order valence-corrected chi connectivity index (χ1v) is 4.68. The molecule has 2 rings (SSSR count). The molecule has 0 spiro atoms. The van der Waals surface area contributed by atoms with Crippen LogP contribution in [0.25, 0.3) is 0 Å². The first-order chi connectivity index (χ1) is 8.15. The molecule has 0 aliphatic heterocycles. The van der Waals surface area contributed by atoms with Gasteiger partial charge in [0.15, 0.2) is 0 Å². The lowest BCUT2D eigenvalue weighted by atomic mass is 10.2. The van der Waals surface area contributed by atoms with Crippen molar-refractivity contribution in [2.24, 2.45) is 0 Å². The summed E-state index contributed by atoms with van der Waals surface area (Å²) in [7, 11) is 0. The molecule has 0 aliphatic carbocycles. The lowest BCUT2D eigenvalue weighted by Crippen LogP contribution is -2.17. The minimum atomic E-state index is -0.706. The molecule has 2 aromatic rings. The molecule has 84 valence electrons. The van der Waals surface area contributed by atoms with Crippen LogP contribution < -0.4 is 5.73 Å². The fourth-order valence-corrected chi connectivity index (χ4v) is 1.35. The van der Waals surface area contributed by atoms with Crippen molar-refractivity contribution in [3.05, 3.63) is 47.4 Å². The molecule has 1 aromatic carbocycles. The van der Waals surface area contributed by atoms with Gasteiger partial charge in [0.25, 0.3) is 5.91 Å². The first kappa shape index (κ1) is 10.8. The number of nitriles is 1. The number of carbonyl (C=O) groups is 1. The highest BCUT2D eigenvalue weighted by atomic mass is 19.1. The van der Waals surface area contributed by atoms with Gasteiger partial charge >= 0.3 is 0 Å². The van der Waals surface area contributed by atoms with Gasteiger partial charge in [0.1, 0.15) is 23.3 Å². The van der Waals surface area contributed by atoms with Gasteiger partial charge in [-0.15, -0.1) is 0 Å². The highest BCUT2D eigenvalue weighted by Crippen LogP contribution is 2.14. The number of nitrogens with two attached hydrogens (primary N) is 1. The van der Waals surface area contributed by atoms with E-state index in [-0.39, 0.29) is 16.9 Å². The second-order valence-electron chi connectivity index (χ2n) is 3.25. The standard InChI is InChI=1S/C11H7FN4O/c12-9-4-2-1-3-8(9)11(17)16-10(14)7(5-13)6-15-16/h1-4,6H,14H2. The fourth-order valence-electron chi connectivity index (χ4n) is 1.35. The number of benzene rings is 1. The Morgan fingerprint density at radius 2 is 2.18 bits per heavy atom. The monoisotopic (exact) mass is 230 g/mol.